The van der Waals surface area contributed by atoms with E-state index in [1.807, 2.05) is 67.1 Å². The summed E-state index contributed by atoms with van der Waals surface area (Å²) in [6.07, 6.45) is 8.61. The number of amides is 1. The predicted molar refractivity (Wildman–Crippen MR) is 125 cm³/mol. The molecule has 0 bridgehead atoms. The van der Waals surface area contributed by atoms with Gasteiger partial charge >= 0.3 is 0 Å². The zero-order valence-electron chi connectivity index (χ0n) is 17.8. The number of rotatable bonds is 7. The molecule has 162 valence electrons. The number of para-hydroxylation sites is 1. The summed E-state index contributed by atoms with van der Waals surface area (Å²) in [5.74, 6) is 0.443. The minimum absolute atomic E-state index is 0.148. The number of nitrogens with one attached hydrogen (secondary N) is 2. The fraction of sp³-hybridized carbons (Fsp3) is 0.174. The second kappa shape index (κ2) is 9.52. The van der Waals surface area contributed by atoms with E-state index in [4.69, 9.17) is 17.3 Å². The maximum atomic E-state index is 12.5. The summed E-state index contributed by atoms with van der Waals surface area (Å²) in [4.78, 5) is 16.7. The summed E-state index contributed by atoms with van der Waals surface area (Å²) in [7, 11) is 0. The van der Waals surface area contributed by atoms with Gasteiger partial charge in [0.1, 0.15) is 5.69 Å². The highest BCUT2D eigenvalue weighted by Gasteiger charge is 2.12. The van der Waals surface area contributed by atoms with Crippen molar-refractivity contribution in [3.05, 3.63) is 83.3 Å². The fourth-order valence-electron chi connectivity index (χ4n) is 3.33. The van der Waals surface area contributed by atoms with E-state index in [1.165, 1.54) is 6.08 Å². The molecule has 4 rings (SSSR count). The molecule has 0 atom stereocenters. The van der Waals surface area contributed by atoms with Gasteiger partial charge < -0.3 is 9.88 Å². The van der Waals surface area contributed by atoms with Crippen LogP contribution in [-0.4, -0.2) is 35.4 Å². The lowest BCUT2D eigenvalue weighted by atomic mass is 10.1. The molecule has 0 radical (unpaired) electrons. The van der Waals surface area contributed by atoms with Crippen LogP contribution in [0, 0.1) is 4.77 Å². The molecular weight excluding hydrogens is 422 g/mol. The second-order valence-electron chi connectivity index (χ2n) is 7.41. The summed E-state index contributed by atoms with van der Waals surface area (Å²) in [5.41, 5.74) is 3.35. The number of nitrogens with zero attached hydrogens (tertiary/aromatic N) is 5. The second-order valence-corrected chi connectivity index (χ2v) is 7.80. The molecule has 0 saturated carbocycles. The zero-order chi connectivity index (χ0) is 22.5. The van der Waals surface area contributed by atoms with Crippen LogP contribution >= 0.6 is 12.2 Å². The number of aromatic nitrogens is 6. The molecule has 0 spiro atoms. The van der Waals surface area contributed by atoms with E-state index in [0.29, 0.717) is 10.6 Å². The summed E-state index contributed by atoms with van der Waals surface area (Å²) < 4.78 is 4.21. The van der Waals surface area contributed by atoms with Crippen molar-refractivity contribution in [1.29, 1.82) is 0 Å². The summed E-state index contributed by atoms with van der Waals surface area (Å²) in [5, 5.41) is 14.6. The van der Waals surface area contributed by atoms with Crippen LogP contribution in [0.3, 0.4) is 0 Å². The van der Waals surface area contributed by atoms with Crippen molar-refractivity contribution in [2.45, 2.75) is 26.4 Å². The largest absolute Gasteiger partial charge is 0.345 e. The molecule has 1 amide bonds. The monoisotopic (exact) mass is 445 g/mol. The molecule has 0 saturated heterocycles. The Morgan fingerprint density at radius 1 is 1.22 bits per heavy atom. The van der Waals surface area contributed by atoms with E-state index in [2.05, 4.69) is 20.5 Å². The molecule has 1 aromatic carbocycles. The van der Waals surface area contributed by atoms with Gasteiger partial charge in [0.15, 0.2) is 10.6 Å². The van der Waals surface area contributed by atoms with Crippen LogP contribution in [0.25, 0.3) is 23.0 Å². The van der Waals surface area contributed by atoms with E-state index in [-0.39, 0.29) is 18.5 Å². The highest BCUT2D eigenvalue weighted by Crippen LogP contribution is 2.24. The first-order valence-corrected chi connectivity index (χ1v) is 10.6. The lowest BCUT2D eigenvalue weighted by molar-refractivity contribution is -0.116. The molecule has 0 aliphatic rings. The fourth-order valence-corrected chi connectivity index (χ4v) is 3.70. The molecule has 8 nitrogen and oxygen atoms in total. The van der Waals surface area contributed by atoms with Crippen molar-refractivity contribution in [2.75, 3.05) is 0 Å². The van der Waals surface area contributed by atoms with Gasteiger partial charge in [0.2, 0.25) is 5.91 Å². The Balaban J connectivity index is 1.56. The predicted octanol–water partition coefficient (Wildman–Crippen LogP) is 4.10. The van der Waals surface area contributed by atoms with Gasteiger partial charge in [-0.15, -0.1) is 0 Å². The third-order valence-corrected chi connectivity index (χ3v) is 5.12. The third kappa shape index (κ3) is 4.73. The highest BCUT2D eigenvalue weighted by atomic mass is 32.1. The minimum atomic E-state index is -0.237. The maximum Gasteiger partial charge on any atom is 0.244 e. The van der Waals surface area contributed by atoms with Crippen molar-refractivity contribution in [1.82, 2.24) is 34.8 Å². The number of carbonyl (C=O) groups is 1. The van der Waals surface area contributed by atoms with Crippen LogP contribution in [0.5, 0.6) is 0 Å². The molecule has 4 aromatic rings. The Hall–Kier alpha value is -3.85. The first-order chi connectivity index (χ1) is 15.5. The summed E-state index contributed by atoms with van der Waals surface area (Å²) in [6.45, 7) is 4.30. The zero-order valence-corrected chi connectivity index (χ0v) is 18.6. The van der Waals surface area contributed by atoms with Crippen LogP contribution < -0.4 is 5.32 Å². The quantitative estimate of drug-likeness (QED) is 0.330. The molecule has 0 aliphatic carbocycles. The number of H-pyrrole nitrogens is 1. The van der Waals surface area contributed by atoms with Crippen molar-refractivity contribution >= 4 is 24.2 Å². The van der Waals surface area contributed by atoms with Gasteiger partial charge in [-0.25, -0.2) is 4.68 Å². The molecule has 2 N–H and O–H groups in total. The number of benzene rings is 1. The van der Waals surface area contributed by atoms with Gasteiger partial charge in [-0.05, 0) is 56.4 Å². The highest BCUT2D eigenvalue weighted by molar-refractivity contribution is 7.71. The molecule has 0 unspecified atom stereocenters. The van der Waals surface area contributed by atoms with Crippen molar-refractivity contribution in [3.8, 4) is 16.9 Å². The van der Waals surface area contributed by atoms with Gasteiger partial charge in [0.05, 0.1) is 12.2 Å². The van der Waals surface area contributed by atoms with Gasteiger partial charge in [-0.1, -0.05) is 18.2 Å². The molecule has 0 aliphatic heterocycles. The van der Waals surface area contributed by atoms with E-state index in [9.17, 15) is 4.79 Å². The van der Waals surface area contributed by atoms with E-state index in [0.717, 1.165) is 22.5 Å². The first-order valence-electron chi connectivity index (χ1n) is 10.2. The molecule has 3 heterocycles. The van der Waals surface area contributed by atoms with E-state index in [1.54, 1.807) is 23.2 Å². The maximum absolute atomic E-state index is 12.5. The topological polar surface area (TPSA) is 93.4 Å². The van der Waals surface area contributed by atoms with Crippen LogP contribution in [0.15, 0.2) is 67.1 Å². The normalized spacial score (nSPS) is 11.3. The van der Waals surface area contributed by atoms with Crippen LogP contribution in [0.2, 0.25) is 0 Å². The average Bonchev–Trinajstić information content (AvgIpc) is 3.41. The Morgan fingerprint density at radius 3 is 2.75 bits per heavy atom. The lowest BCUT2D eigenvalue weighted by Gasteiger charge is -2.10. The molecular formula is C23H23N7OS. The molecule has 9 heteroatoms. The van der Waals surface area contributed by atoms with E-state index < -0.39 is 0 Å². The number of hydrogen-bond acceptors (Lipinski definition) is 5. The standard InChI is InChI=1S/C23H23N7OS/c1-16(2)30-20(26-27-23(30)32)14-25-21(31)11-10-18-15-29(19-8-4-3-5-9-19)28-22(18)17-7-6-12-24-13-17/h3-13,15-16H,14H2,1-2H3,(H,25,31)(H,27,32). The van der Waals surface area contributed by atoms with Crippen molar-refractivity contribution in [3.63, 3.8) is 0 Å². The smallest absolute Gasteiger partial charge is 0.244 e. The van der Waals surface area contributed by atoms with Crippen LogP contribution in [0.1, 0.15) is 31.3 Å². The van der Waals surface area contributed by atoms with Gasteiger partial charge in [-0.2, -0.15) is 10.2 Å². The van der Waals surface area contributed by atoms with E-state index >= 15 is 0 Å². The molecule has 0 fully saturated rings. The van der Waals surface area contributed by atoms with Crippen molar-refractivity contribution < 1.29 is 4.79 Å². The Labute approximate surface area is 190 Å². The Kier molecular flexibility index (Phi) is 6.37. The average molecular weight is 446 g/mol. The lowest BCUT2D eigenvalue weighted by Crippen LogP contribution is -2.23. The SMILES string of the molecule is CC(C)n1c(CNC(=O)C=Cc2cn(-c3ccccc3)nc2-c2cccnc2)n[nH]c1=S. The van der Waals surface area contributed by atoms with Gasteiger partial charge in [-0.3, -0.25) is 14.9 Å². The number of aromatic amines is 1. The number of hydrogen-bond donors (Lipinski definition) is 2. The van der Waals surface area contributed by atoms with Gasteiger partial charge in [0.25, 0.3) is 0 Å². The van der Waals surface area contributed by atoms with Crippen LogP contribution in [0.4, 0.5) is 0 Å². The first kappa shape index (κ1) is 21.4. The Bertz CT molecular complexity index is 1290. The number of pyridine rings is 1. The number of carbonyl (C=O) groups excluding carboxylic acids is 1. The van der Waals surface area contributed by atoms with Gasteiger partial charge in [0, 0.05) is 41.8 Å². The Morgan fingerprint density at radius 2 is 2.03 bits per heavy atom. The van der Waals surface area contributed by atoms with Crippen LogP contribution in [-0.2, 0) is 11.3 Å². The summed E-state index contributed by atoms with van der Waals surface area (Å²) in [6, 6.07) is 13.8. The van der Waals surface area contributed by atoms with Crippen molar-refractivity contribution in [2.24, 2.45) is 0 Å². The molecule has 32 heavy (non-hydrogen) atoms. The third-order valence-electron chi connectivity index (χ3n) is 4.83. The molecule has 3 aromatic heterocycles. The summed E-state index contributed by atoms with van der Waals surface area (Å²) >= 11 is 5.25. The minimum Gasteiger partial charge on any atom is -0.345 e.